The molecule has 1 aliphatic heterocycles. The Morgan fingerprint density at radius 1 is 1.10 bits per heavy atom. The lowest BCUT2D eigenvalue weighted by Gasteiger charge is -2.31. The number of amides is 1. The number of aryl methyl sites for hydroxylation is 3. The van der Waals surface area contributed by atoms with Gasteiger partial charge in [0.15, 0.2) is 0 Å². The molecule has 0 saturated carbocycles. The van der Waals surface area contributed by atoms with Crippen LogP contribution in [0.1, 0.15) is 29.5 Å². The van der Waals surface area contributed by atoms with Crippen molar-refractivity contribution in [2.24, 2.45) is 5.92 Å². The molecule has 0 unspecified atom stereocenters. The van der Waals surface area contributed by atoms with Gasteiger partial charge in [-0.3, -0.25) is 4.79 Å². The van der Waals surface area contributed by atoms with Gasteiger partial charge in [0.2, 0.25) is 15.9 Å². The van der Waals surface area contributed by atoms with Crippen molar-refractivity contribution in [2.75, 3.05) is 25.5 Å². The number of ether oxygens (including phenoxy) is 1. The van der Waals surface area contributed by atoms with Crippen LogP contribution in [-0.4, -0.2) is 38.8 Å². The Morgan fingerprint density at radius 3 is 2.27 bits per heavy atom. The van der Waals surface area contributed by atoms with E-state index in [-0.39, 0.29) is 35.6 Å². The summed E-state index contributed by atoms with van der Waals surface area (Å²) in [6.45, 7) is 6.51. The summed E-state index contributed by atoms with van der Waals surface area (Å²) in [5.74, 6) is -0.0511. The number of hydrogen-bond donors (Lipinski definition) is 1. The van der Waals surface area contributed by atoms with Gasteiger partial charge in [-0.2, -0.15) is 4.31 Å². The summed E-state index contributed by atoms with van der Waals surface area (Å²) in [6, 6.07) is 8.61. The summed E-state index contributed by atoms with van der Waals surface area (Å²) in [7, 11) is -2.34. The summed E-state index contributed by atoms with van der Waals surface area (Å²) in [5.41, 5.74) is 4.03. The number of nitrogens with zero attached hydrogens (tertiary/aromatic N) is 1. The average Bonchev–Trinajstić information content (AvgIpc) is 2.70. The van der Waals surface area contributed by atoms with E-state index in [0.29, 0.717) is 17.9 Å². The van der Waals surface area contributed by atoms with E-state index in [1.807, 2.05) is 32.9 Å². The largest absolute Gasteiger partial charge is 0.495 e. The van der Waals surface area contributed by atoms with Crippen molar-refractivity contribution in [2.45, 2.75) is 38.5 Å². The number of methoxy groups -OCH3 is 1. The lowest BCUT2D eigenvalue weighted by atomic mass is 9.96. The molecule has 2 aromatic carbocycles. The predicted octanol–water partition coefficient (Wildman–Crippen LogP) is 4.31. The molecule has 3 rings (SSSR count). The van der Waals surface area contributed by atoms with E-state index in [2.05, 4.69) is 5.32 Å². The first-order valence-electron chi connectivity index (χ1n) is 9.86. The molecule has 2 aromatic rings. The second-order valence-electron chi connectivity index (χ2n) is 7.74. The number of halogens is 1. The van der Waals surface area contributed by atoms with Crippen molar-refractivity contribution in [1.29, 1.82) is 0 Å². The summed E-state index contributed by atoms with van der Waals surface area (Å²) >= 11 is 6.00. The van der Waals surface area contributed by atoms with Crippen LogP contribution in [0.4, 0.5) is 5.69 Å². The standard InChI is InChI=1S/C22H27ClN2O4S/c1-14-11-15(2)21(16(3)12-14)24-22(26)17-7-9-25(10-8-17)30(27,28)20-13-18(23)5-6-19(20)29-4/h5-6,11-13,17H,7-10H2,1-4H3,(H,24,26). The molecule has 0 aromatic heterocycles. The molecule has 1 heterocycles. The highest BCUT2D eigenvalue weighted by molar-refractivity contribution is 7.89. The van der Waals surface area contributed by atoms with Gasteiger partial charge in [0.05, 0.1) is 7.11 Å². The zero-order chi connectivity index (χ0) is 22.1. The van der Waals surface area contributed by atoms with Crippen LogP contribution >= 0.6 is 11.6 Å². The summed E-state index contributed by atoms with van der Waals surface area (Å²) in [4.78, 5) is 12.9. The van der Waals surface area contributed by atoms with Gasteiger partial charge in [0.1, 0.15) is 10.6 Å². The van der Waals surface area contributed by atoms with Crippen LogP contribution in [0.15, 0.2) is 35.2 Å². The zero-order valence-electron chi connectivity index (χ0n) is 17.7. The molecule has 1 N–H and O–H groups in total. The first-order chi connectivity index (χ1) is 14.1. The van der Waals surface area contributed by atoms with Crippen LogP contribution in [0.5, 0.6) is 5.75 Å². The fraction of sp³-hybridized carbons (Fsp3) is 0.409. The van der Waals surface area contributed by atoms with Gasteiger partial charge in [0.25, 0.3) is 0 Å². The van der Waals surface area contributed by atoms with Crippen molar-refractivity contribution < 1.29 is 17.9 Å². The number of sulfonamides is 1. The van der Waals surface area contributed by atoms with E-state index >= 15 is 0 Å². The second kappa shape index (κ2) is 8.96. The highest BCUT2D eigenvalue weighted by atomic mass is 35.5. The molecular formula is C22H27ClN2O4S. The molecule has 1 saturated heterocycles. The third-order valence-electron chi connectivity index (χ3n) is 5.49. The Kier molecular flexibility index (Phi) is 6.75. The monoisotopic (exact) mass is 450 g/mol. The lowest BCUT2D eigenvalue weighted by molar-refractivity contribution is -0.120. The van der Waals surface area contributed by atoms with Gasteiger partial charge in [0, 0.05) is 29.7 Å². The number of rotatable bonds is 5. The third kappa shape index (κ3) is 4.63. The average molecular weight is 451 g/mol. The number of nitrogens with one attached hydrogen (secondary N) is 1. The van der Waals surface area contributed by atoms with Crippen LogP contribution in [-0.2, 0) is 14.8 Å². The van der Waals surface area contributed by atoms with E-state index in [1.165, 1.54) is 17.5 Å². The Morgan fingerprint density at radius 2 is 1.70 bits per heavy atom. The Hall–Kier alpha value is -2.09. The Labute approximate surface area is 183 Å². The normalized spacial score (nSPS) is 15.8. The van der Waals surface area contributed by atoms with Crippen molar-refractivity contribution in [3.8, 4) is 5.75 Å². The topological polar surface area (TPSA) is 75.7 Å². The molecule has 8 heteroatoms. The maximum atomic E-state index is 13.1. The van der Waals surface area contributed by atoms with Crippen LogP contribution in [0.25, 0.3) is 0 Å². The molecule has 0 aliphatic carbocycles. The van der Waals surface area contributed by atoms with Crippen LogP contribution in [0, 0.1) is 26.7 Å². The van der Waals surface area contributed by atoms with Crippen molar-refractivity contribution in [1.82, 2.24) is 4.31 Å². The highest BCUT2D eigenvalue weighted by Gasteiger charge is 2.34. The third-order valence-corrected chi connectivity index (χ3v) is 7.65. The van der Waals surface area contributed by atoms with Crippen molar-refractivity contribution >= 4 is 33.2 Å². The van der Waals surface area contributed by atoms with Crippen LogP contribution < -0.4 is 10.1 Å². The quantitative estimate of drug-likeness (QED) is 0.736. The summed E-state index contributed by atoms with van der Waals surface area (Å²) in [5, 5.41) is 3.37. The fourth-order valence-electron chi connectivity index (χ4n) is 3.95. The molecule has 1 fully saturated rings. The number of carbonyl (C=O) groups is 1. The van der Waals surface area contributed by atoms with Gasteiger partial charge >= 0.3 is 0 Å². The molecule has 0 radical (unpaired) electrons. The maximum absolute atomic E-state index is 13.1. The minimum atomic E-state index is -3.76. The second-order valence-corrected chi connectivity index (χ2v) is 10.1. The van der Waals surface area contributed by atoms with E-state index in [0.717, 1.165) is 22.4 Å². The molecule has 1 aliphatic rings. The Balaban J connectivity index is 1.70. The van der Waals surface area contributed by atoms with Crippen LogP contribution in [0.3, 0.4) is 0 Å². The molecule has 6 nitrogen and oxygen atoms in total. The smallest absolute Gasteiger partial charge is 0.246 e. The van der Waals surface area contributed by atoms with E-state index in [4.69, 9.17) is 16.3 Å². The number of anilines is 1. The van der Waals surface area contributed by atoms with Crippen LogP contribution in [0.2, 0.25) is 5.02 Å². The SMILES string of the molecule is COc1ccc(Cl)cc1S(=O)(=O)N1CCC(C(=O)Nc2c(C)cc(C)cc2C)CC1. The molecule has 1 amide bonds. The van der Waals surface area contributed by atoms with Crippen molar-refractivity contribution in [3.63, 3.8) is 0 Å². The molecule has 0 spiro atoms. The van der Waals surface area contributed by atoms with Gasteiger partial charge < -0.3 is 10.1 Å². The minimum Gasteiger partial charge on any atom is -0.495 e. The number of carbonyl (C=O) groups excluding carboxylic acids is 1. The minimum absolute atomic E-state index is 0.0475. The van der Waals surface area contributed by atoms with Gasteiger partial charge in [-0.05, 0) is 62.9 Å². The van der Waals surface area contributed by atoms with E-state index in [9.17, 15) is 13.2 Å². The van der Waals surface area contributed by atoms with Crippen molar-refractivity contribution in [3.05, 3.63) is 52.0 Å². The molecule has 0 bridgehead atoms. The van der Waals surface area contributed by atoms with Gasteiger partial charge in [-0.1, -0.05) is 29.3 Å². The fourth-order valence-corrected chi connectivity index (χ4v) is 5.84. The lowest BCUT2D eigenvalue weighted by Crippen LogP contribution is -2.41. The summed E-state index contributed by atoms with van der Waals surface area (Å²) in [6.07, 6.45) is 0.913. The number of hydrogen-bond acceptors (Lipinski definition) is 4. The van der Waals surface area contributed by atoms with Gasteiger partial charge in [-0.15, -0.1) is 0 Å². The number of piperidine rings is 1. The molecular weight excluding hydrogens is 424 g/mol. The first kappa shape index (κ1) is 22.6. The first-order valence-corrected chi connectivity index (χ1v) is 11.7. The Bertz CT molecular complexity index is 1040. The molecule has 162 valence electrons. The van der Waals surface area contributed by atoms with Gasteiger partial charge in [-0.25, -0.2) is 8.42 Å². The maximum Gasteiger partial charge on any atom is 0.246 e. The molecule has 30 heavy (non-hydrogen) atoms. The van der Waals surface area contributed by atoms with E-state index in [1.54, 1.807) is 12.1 Å². The predicted molar refractivity (Wildman–Crippen MR) is 119 cm³/mol. The van der Waals surface area contributed by atoms with E-state index < -0.39 is 10.0 Å². The summed E-state index contributed by atoms with van der Waals surface area (Å²) < 4.78 is 32.8. The molecule has 0 atom stereocenters. The highest BCUT2D eigenvalue weighted by Crippen LogP contribution is 2.32. The number of benzene rings is 2. The zero-order valence-corrected chi connectivity index (χ0v) is 19.2.